The van der Waals surface area contributed by atoms with Gasteiger partial charge in [-0.1, -0.05) is 43.8 Å². The molecule has 184 valence electrons. The van der Waals surface area contributed by atoms with E-state index < -0.39 is 4.92 Å². The van der Waals surface area contributed by atoms with E-state index in [0.717, 1.165) is 16.9 Å². The highest BCUT2D eigenvalue weighted by atomic mass is 32.2. The van der Waals surface area contributed by atoms with Crippen LogP contribution in [0.2, 0.25) is 0 Å². The Balaban J connectivity index is 1.67. The van der Waals surface area contributed by atoms with E-state index in [9.17, 15) is 14.9 Å². The standard InChI is InChI=1S/C25H29N5O4S/c1-6-11-29-23(14-34-22-12-17(4)7-9-20(22)16(2)3)27-28-25(29)35-15-24(31)26-21-10-8-19(30(32)33)13-18(21)5/h6-10,12-13,16H,1,11,14-15H2,2-5H3,(H,26,31). The van der Waals surface area contributed by atoms with Crippen LogP contribution in [0, 0.1) is 24.0 Å². The Morgan fingerprint density at radius 1 is 1.26 bits per heavy atom. The molecular formula is C25H29N5O4S. The quantitative estimate of drug-likeness (QED) is 0.163. The van der Waals surface area contributed by atoms with E-state index in [1.165, 1.54) is 30.0 Å². The maximum atomic E-state index is 12.5. The van der Waals surface area contributed by atoms with E-state index in [4.69, 9.17) is 4.74 Å². The number of rotatable bonds is 11. The molecule has 0 atom stereocenters. The Bertz CT molecular complexity index is 1240. The van der Waals surface area contributed by atoms with Crippen LogP contribution in [0.25, 0.3) is 0 Å². The molecule has 10 heteroatoms. The second kappa shape index (κ2) is 11.7. The van der Waals surface area contributed by atoms with Crippen LogP contribution >= 0.6 is 11.8 Å². The van der Waals surface area contributed by atoms with E-state index in [1.807, 2.05) is 17.6 Å². The highest BCUT2D eigenvalue weighted by molar-refractivity contribution is 7.99. The van der Waals surface area contributed by atoms with E-state index in [2.05, 4.69) is 48.1 Å². The third-order valence-electron chi connectivity index (χ3n) is 5.28. The topological polar surface area (TPSA) is 112 Å². The van der Waals surface area contributed by atoms with Crippen LogP contribution in [0.15, 0.2) is 54.2 Å². The Labute approximate surface area is 208 Å². The molecule has 35 heavy (non-hydrogen) atoms. The normalized spacial score (nSPS) is 10.9. The summed E-state index contributed by atoms with van der Waals surface area (Å²) in [4.78, 5) is 22.9. The van der Waals surface area contributed by atoms with Gasteiger partial charge in [-0.2, -0.15) is 0 Å². The van der Waals surface area contributed by atoms with Crippen molar-refractivity contribution in [1.82, 2.24) is 14.8 Å². The Hall–Kier alpha value is -3.66. The lowest BCUT2D eigenvalue weighted by atomic mass is 10.0. The Kier molecular flexibility index (Phi) is 8.64. The smallest absolute Gasteiger partial charge is 0.269 e. The minimum Gasteiger partial charge on any atom is -0.485 e. The van der Waals surface area contributed by atoms with Crippen LogP contribution < -0.4 is 10.1 Å². The zero-order valence-electron chi connectivity index (χ0n) is 20.3. The van der Waals surface area contributed by atoms with Gasteiger partial charge in [-0.25, -0.2) is 0 Å². The van der Waals surface area contributed by atoms with Gasteiger partial charge in [0.2, 0.25) is 5.91 Å². The number of ether oxygens (including phenoxy) is 1. The van der Waals surface area contributed by atoms with Gasteiger partial charge in [0.25, 0.3) is 5.69 Å². The van der Waals surface area contributed by atoms with Gasteiger partial charge >= 0.3 is 0 Å². The van der Waals surface area contributed by atoms with Crippen molar-refractivity contribution in [2.24, 2.45) is 0 Å². The fourth-order valence-corrected chi connectivity index (χ4v) is 4.22. The third-order valence-corrected chi connectivity index (χ3v) is 6.25. The van der Waals surface area contributed by atoms with Crippen LogP contribution in [-0.4, -0.2) is 31.3 Å². The van der Waals surface area contributed by atoms with Gasteiger partial charge in [0, 0.05) is 24.4 Å². The molecule has 0 fully saturated rings. The summed E-state index contributed by atoms with van der Waals surface area (Å²) in [6.07, 6.45) is 1.74. The number of allylic oxidation sites excluding steroid dienone is 1. The van der Waals surface area contributed by atoms with Gasteiger partial charge in [-0.15, -0.1) is 16.8 Å². The van der Waals surface area contributed by atoms with Gasteiger partial charge in [-0.3, -0.25) is 19.5 Å². The average molecular weight is 496 g/mol. The molecule has 0 unspecified atom stereocenters. The minimum atomic E-state index is -0.467. The maximum Gasteiger partial charge on any atom is 0.269 e. The van der Waals surface area contributed by atoms with Crippen LogP contribution in [0.5, 0.6) is 5.75 Å². The summed E-state index contributed by atoms with van der Waals surface area (Å²) in [5.74, 6) is 1.62. The molecular weight excluding hydrogens is 466 g/mol. The lowest BCUT2D eigenvalue weighted by molar-refractivity contribution is -0.384. The summed E-state index contributed by atoms with van der Waals surface area (Å²) in [5.41, 5.74) is 3.36. The summed E-state index contributed by atoms with van der Waals surface area (Å²) < 4.78 is 7.98. The van der Waals surface area contributed by atoms with Crippen molar-refractivity contribution in [2.75, 3.05) is 11.1 Å². The first-order valence-electron chi connectivity index (χ1n) is 11.1. The molecule has 1 aromatic heterocycles. The number of nitrogens with one attached hydrogen (secondary N) is 1. The summed E-state index contributed by atoms with van der Waals surface area (Å²) in [6.45, 7) is 12.5. The van der Waals surface area contributed by atoms with E-state index in [0.29, 0.717) is 34.7 Å². The highest BCUT2D eigenvalue weighted by Crippen LogP contribution is 2.28. The number of nitro benzene ring substituents is 1. The van der Waals surface area contributed by atoms with Crippen molar-refractivity contribution in [2.45, 2.75) is 51.9 Å². The number of benzene rings is 2. The maximum absolute atomic E-state index is 12.5. The summed E-state index contributed by atoms with van der Waals surface area (Å²) >= 11 is 1.25. The SMILES string of the molecule is C=CCn1c(COc2cc(C)ccc2C(C)C)nnc1SCC(=O)Nc1ccc([N+](=O)[O-])cc1C. The van der Waals surface area contributed by atoms with Crippen LogP contribution in [0.1, 0.15) is 42.3 Å². The molecule has 0 spiro atoms. The number of thioether (sulfide) groups is 1. The molecule has 0 radical (unpaired) electrons. The number of nitro groups is 1. The molecule has 1 heterocycles. The number of carbonyl (C=O) groups is 1. The van der Waals surface area contributed by atoms with Crippen molar-refractivity contribution in [3.63, 3.8) is 0 Å². The fraction of sp³-hybridized carbons (Fsp3) is 0.320. The molecule has 3 rings (SSSR count). The number of aromatic nitrogens is 3. The summed E-state index contributed by atoms with van der Waals surface area (Å²) in [5, 5.41) is 22.8. The second-order valence-corrected chi connectivity index (χ2v) is 9.32. The lowest BCUT2D eigenvalue weighted by Gasteiger charge is -2.15. The van der Waals surface area contributed by atoms with Crippen LogP contribution in [-0.2, 0) is 17.9 Å². The van der Waals surface area contributed by atoms with E-state index in [-0.39, 0.29) is 24.0 Å². The first-order chi connectivity index (χ1) is 16.7. The van der Waals surface area contributed by atoms with Gasteiger partial charge in [0.05, 0.1) is 10.7 Å². The van der Waals surface area contributed by atoms with Gasteiger partial charge < -0.3 is 10.1 Å². The van der Waals surface area contributed by atoms with E-state index in [1.54, 1.807) is 13.0 Å². The second-order valence-electron chi connectivity index (χ2n) is 8.38. The van der Waals surface area contributed by atoms with Crippen molar-refractivity contribution < 1.29 is 14.5 Å². The van der Waals surface area contributed by atoms with Crippen LogP contribution in [0.3, 0.4) is 0 Å². The van der Waals surface area contributed by atoms with Crippen molar-refractivity contribution in [1.29, 1.82) is 0 Å². The number of carbonyl (C=O) groups excluding carboxylic acids is 1. The Morgan fingerprint density at radius 3 is 2.69 bits per heavy atom. The third kappa shape index (κ3) is 6.69. The lowest BCUT2D eigenvalue weighted by Crippen LogP contribution is -2.15. The zero-order valence-corrected chi connectivity index (χ0v) is 21.1. The van der Waals surface area contributed by atoms with Gasteiger partial charge in [-0.05, 0) is 48.6 Å². The number of non-ortho nitro benzene ring substituents is 1. The molecule has 3 aromatic rings. The number of anilines is 1. The number of amides is 1. The molecule has 9 nitrogen and oxygen atoms in total. The zero-order chi connectivity index (χ0) is 25.5. The molecule has 0 aliphatic rings. The number of nitrogens with zero attached hydrogens (tertiary/aromatic N) is 4. The molecule has 1 amide bonds. The van der Waals surface area contributed by atoms with Crippen molar-refractivity contribution in [3.8, 4) is 5.75 Å². The highest BCUT2D eigenvalue weighted by Gasteiger charge is 2.16. The van der Waals surface area contributed by atoms with Gasteiger partial charge in [0.15, 0.2) is 11.0 Å². The van der Waals surface area contributed by atoms with Gasteiger partial charge in [0.1, 0.15) is 12.4 Å². The molecule has 0 aliphatic heterocycles. The molecule has 0 bridgehead atoms. The van der Waals surface area contributed by atoms with Crippen molar-refractivity contribution in [3.05, 3.63) is 81.7 Å². The number of hydrogen-bond donors (Lipinski definition) is 1. The number of hydrogen-bond acceptors (Lipinski definition) is 7. The summed E-state index contributed by atoms with van der Waals surface area (Å²) in [6, 6.07) is 10.5. The minimum absolute atomic E-state index is 0.0201. The fourth-order valence-electron chi connectivity index (χ4n) is 3.45. The predicted molar refractivity (Wildman–Crippen MR) is 137 cm³/mol. The molecule has 2 aromatic carbocycles. The first-order valence-corrected chi connectivity index (χ1v) is 12.1. The predicted octanol–water partition coefficient (Wildman–Crippen LogP) is 5.42. The molecule has 0 saturated heterocycles. The van der Waals surface area contributed by atoms with Crippen LogP contribution in [0.4, 0.5) is 11.4 Å². The summed E-state index contributed by atoms with van der Waals surface area (Å²) in [7, 11) is 0. The molecule has 0 aliphatic carbocycles. The first kappa shape index (κ1) is 26.0. The van der Waals surface area contributed by atoms with Crippen molar-refractivity contribution >= 4 is 29.0 Å². The average Bonchev–Trinajstić information content (AvgIpc) is 3.19. The largest absolute Gasteiger partial charge is 0.485 e. The number of aryl methyl sites for hydroxylation is 2. The van der Waals surface area contributed by atoms with E-state index >= 15 is 0 Å². The molecule has 0 saturated carbocycles. The molecule has 1 N–H and O–H groups in total. The monoisotopic (exact) mass is 495 g/mol. The Morgan fingerprint density at radius 2 is 2.03 bits per heavy atom.